The molecular weight excluding hydrogens is 344 g/mol. The van der Waals surface area contributed by atoms with Crippen LogP contribution in [0.2, 0.25) is 0 Å². The second-order valence-electron chi connectivity index (χ2n) is 4.49. The molecule has 0 aliphatic heterocycles. The first kappa shape index (κ1) is 15.0. The van der Waals surface area contributed by atoms with Gasteiger partial charge in [-0.2, -0.15) is 0 Å². The molecule has 0 fully saturated rings. The first-order valence-corrected chi connectivity index (χ1v) is 7.95. The standard InChI is InChI=1S/C14H20Br2O/c1-4-5-12(8-15)9-17-13-6-10(2)14(16)11(3)7-13/h6-7,12H,4-5,8-9H2,1-3H3. The molecule has 0 aromatic heterocycles. The van der Waals surface area contributed by atoms with Gasteiger partial charge in [-0.15, -0.1) is 0 Å². The molecular formula is C14H20Br2O. The molecule has 3 heteroatoms. The highest BCUT2D eigenvalue weighted by molar-refractivity contribution is 9.10. The zero-order valence-corrected chi connectivity index (χ0v) is 13.9. The zero-order chi connectivity index (χ0) is 12.8. The average Bonchev–Trinajstić information content (AvgIpc) is 2.31. The lowest BCUT2D eigenvalue weighted by atomic mass is 10.1. The maximum atomic E-state index is 5.88. The van der Waals surface area contributed by atoms with Crippen molar-refractivity contribution >= 4 is 31.9 Å². The van der Waals surface area contributed by atoms with E-state index in [1.807, 2.05) is 0 Å². The first-order chi connectivity index (χ1) is 8.08. The molecule has 0 saturated heterocycles. The van der Waals surface area contributed by atoms with Crippen LogP contribution >= 0.6 is 31.9 Å². The third-order valence-electron chi connectivity index (χ3n) is 2.81. The quantitative estimate of drug-likeness (QED) is 0.626. The maximum absolute atomic E-state index is 5.88. The summed E-state index contributed by atoms with van der Waals surface area (Å²) in [6.45, 7) is 7.19. The molecule has 1 rings (SSSR count). The molecule has 0 aliphatic rings. The third-order valence-corrected chi connectivity index (χ3v) is 4.98. The smallest absolute Gasteiger partial charge is 0.119 e. The lowest BCUT2D eigenvalue weighted by molar-refractivity contribution is 0.255. The summed E-state index contributed by atoms with van der Waals surface area (Å²) in [6, 6.07) is 4.18. The van der Waals surface area contributed by atoms with Gasteiger partial charge in [-0.1, -0.05) is 45.2 Å². The number of hydrogen-bond acceptors (Lipinski definition) is 1. The maximum Gasteiger partial charge on any atom is 0.119 e. The minimum Gasteiger partial charge on any atom is -0.493 e. The lowest BCUT2D eigenvalue weighted by Crippen LogP contribution is -2.13. The Labute approximate surface area is 121 Å². The highest BCUT2D eigenvalue weighted by Gasteiger charge is 2.08. The van der Waals surface area contributed by atoms with E-state index in [2.05, 4.69) is 64.8 Å². The molecule has 96 valence electrons. The van der Waals surface area contributed by atoms with E-state index in [0.717, 1.165) is 17.7 Å². The molecule has 0 heterocycles. The number of alkyl halides is 1. The summed E-state index contributed by atoms with van der Waals surface area (Å²) in [4.78, 5) is 0. The number of benzene rings is 1. The van der Waals surface area contributed by atoms with Crippen molar-refractivity contribution < 1.29 is 4.74 Å². The van der Waals surface area contributed by atoms with Crippen LogP contribution in [-0.4, -0.2) is 11.9 Å². The van der Waals surface area contributed by atoms with Crippen molar-refractivity contribution in [2.45, 2.75) is 33.6 Å². The minimum absolute atomic E-state index is 0.601. The van der Waals surface area contributed by atoms with Crippen molar-refractivity contribution in [3.8, 4) is 5.75 Å². The largest absolute Gasteiger partial charge is 0.493 e. The van der Waals surface area contributed by atoms with Crippen LogP contribution in [0.4, 0.5) is 0 Å². The van der Waals surface area contributed by atoms with Gasteiger partial charge in [0, 0.05) is 15.7 Å². The fourth-order valence-electron chi connectivity index (χ4n) is 1.82. The lowest BCUT2D eigenvalue weighted by Gasteiger charge is -2.15. The predicted octanol–water partition coefficient (Wildman–Crippen LogP) is 5.26. The number of hydrogen-bond donors (Lipinski definition) is 0. The summed E-state index contributed by atoms with van der Waals surface area (Å²) in [7, 11) is 0. The normalized spacial score (nSPS) is 12.5. The molecule has 1 aromatic carbocycles. The SMILES string of the molecule is CCCC(CBr)COc1cc(C)c(Br)c(C)c1. The van der Waals surface area contributed by atoms with Crippen molar-refractivity contribution in [2.75, 3.05) is 11.9 Å². The van der Waals surface area contributed by atoms with Gasteiger partial charge in [-0.05, 0) is 43.5 Å². The van der Waals surface area contributed by atoms with E-state index in [9.17, 15) is 0 Å². The fourth-order valence-corrected chi connectivity index (χ4v) is 2.56. The molecule has 1 nitrogen and oxygen atoms in total. The van der Waals surface area contributed by atoms with Crippen molar-refractivity contribution in [1.29, 1.82) is 0 Å². The van der Waals surface area contributed by atoms with Gasteiger partial charge in [0.1, 0.15) is 5.75 Å². The van der Waals surface area contributed by atoms with Crippen LogP contribution in [0.3, 0.4) is 0 Å². The zero-order valence-electron chi connectivity index (χ0n) is 10.7. The van der Waals surface area contributed by atoms with Crippen molar-refractivity contribution in [2.24, 2.45) is 5.92 Å². The highest BCUT2D eigenvalue weighted by Crippen LogP contribution is 2.26. The summed E-state index contributed by atoms with van der Waals surface area (Å²) in [5, 5.41) is 1.01. The van der Waals surface area contributed by atoms with E-state index in [1.165, 1.54) is 28.4 Å². The van der Waals surface area contributed by atoms with Gasteiger partial charge in [0.25, 0.3) is 0 Å². The van der Waals surface area contributed by atoms with Crippen LogP contribution < -0.4 is 4.74 Å². The third kappa shape index (κ3) is 4.63. The van der Waals surface area contributed by atoms with E-state index in [-0.39, 0.29) is 0 Å². The van der Waals surface area contributed by atoms with E-state index in [4.69, 9.17) is 4.74 Å². The van der Waals surface area contributed by atoms with Gasteiger partial charge in [-0.3, -0.25) is 0 Å². The monoisotopic (exact) mass is 362 g/mol. The van der Waals surface area contributed by atoms with Crippen molar-refractivity contribution in [3.63, 3.8) is 0 Å². The van der Waals surface area contributed by atoms with Crippen molar-refractivity contribution in [3.05, 3.63) is 27.7 Å². The molecule has 0 radical (unpaired) electrons. The van der Waals surface area contributed by atoms with Gasteiger partial charge in [0.15, 0.2) is 0 Å². The van der Waals surface area contributed by atoms with Gasteiger partial charge < -0.3 is 4.74 Å². The van der Waals surface area contributed by atoms with E-state index >= 15 is 0 Å². The molecule has 17 heavy (non-hydrogen) atoms. The Morgan fingerprint density at radius 2 is 1.82 bits per heavy atom. The van der Waals surface area contributed by atoms with Gasteiger partial charge in [0.2, 0.25) is 0 Å². The van der Waals surface area contributed by atoms with Crippen LogP contribution in [0.25, 0.3) is 0 Å². The Kier molecular flexibility index (Phi) is 6.57. The summed E-state index contributed by atoms with van der Waals surface area (Å²) >= 11 is 7.11. The molecule has 0 spiro atoms. The first-order valence-electron chi connectivity index (χ1n) is 6.04. The Morgan fingerprint density at radius 1 is 1.24 bits per heavy atom. The van der Waals surface area contributed by atoms with Crippen LogP contribution in [0.1, 0.15) is 30.9 Å². The molecule has 1 unspecified atom stereocenters. The Hall–Kier alpha value is -0.0200. The van der Waals surface area contributed by atoms with Crippen LogP contribution in [0.5, 0.6) is 5.75 Å². The van der Waals surface area contributed by atoms with Gasteiger partial charge >= 0.3 is 0 Å². The number of rotatable bonds is 6. The Morgan fingerprint density at radius 3 is 2.29 bits per heavy atom. The second kappa shape index (κ2) is 7.42. The fraction of sp³-hybridized carbons (Fsp3) is 0.571. The number of halogens is 2. The Bertz CT molecular complexity index is 340. The molecule has 0 aliphatic carbocycles. The summed E-state index contributed by atoms with van der Waals surface area (Å²) < 4.78 is 7.05. The molecule has 0 bridgehead atoms. The van der Waals surface area contributed by atoms with Crippen LogP contribution in [-0.2, 0) is 0 Å². The second-order valence-corrected chi connectivity index (χ2v) is 5.93. The molecule has 1 aromatic rings. The van der Waals surface area contributed by atoms with E-state index in [0.29, 0.717) is 5.92 Å². The average molecular weight is 364 g/mol. The van der Waals surface area contributed by atoms with E-state index in [1.54, 1.807) is 0 Å². The Balaban J connectivity index is 2.63. The molecule has 0 saturated carbocycles. The number of ether oxygens (including phenoxy) is 1. The molecule has 0 N–H and O–H groups in total. The van der Waals surface area contributed by atoms with Gasteiger partial charge in [0.05, 0.1) is 6.61 Å². The van der Waals surface area contributed by atoms with Crippen molar-refractivity contribution in [1.82, 2.24) is 0 Å². The predicted molar refractivity (Wildman–Crippen MR) is 81.3 cm³/mol. The molecule has 0 amide bonds. The summed E-state index contributed by atoms with van der Waals surface area (Å²) in [6.07, 6.45) is 2.41. The highest BCUT2D eigenvalue weighted by atomic mass is 79.9. The van der Waals surface area contributed by atoms with Crippen LogP contribution in [0.15, 0.2) is 16.6 Å². The summed E-state index contributed by atoms with van der Waals surface area (Å²) in [5.74, 6) is 1.58. The topological polar surface area (TPSA) is 9.23 Å². The molecule has 1 atom stereocenters. The van der Waals surface area contributed by atoms with Gasteiger partial charge in [-0.25, -0.2) is 0 Å². The summed E-state index contributed by atoms with van der Waals surface area (Å²) in [5.41, 5.74) is 2.46. The van der Waals surface area contributed by atoms with E-state index < -0.39 is 0 Å². The number of aryl methyl sites for hydroxylation is 2. The van der Waals surface area contributed by atoms with Crippen LogP contribution in [0, 0.1) is 19.8 Å². The minimum atomic E-state index is 0.601.